The highest BCUT2D eigenvalue weighted by molar-refractivity contribution is 6.74. The minimum absolute atomic E-state index is 0.0792. The number of ether oxygens (including phenoxy) is 1. The maximum absolute atomic E-state index is 11.8. The molecule has 0 aliphatic heterocycles. The summed E-state index contributed by atoms with van der Waals surface area (Å²) in [4.78, 5) is 11.8. The lowest BCUT2D eigenvalue weighted by Gasteiger charge is -2.39. The molecular formula is C16H35NO4Si. The number of alkyl carbamates (subject to hydrolysis) is 1. The molecule has 0 rings (SSSR count). The zero-order valence-corrected chi connectivity index (χ0v) is 16.7. The first-order chi connectivity index (χ1) is 9.64. The lowest BCUT2D eigenvalue weighted by molar-refractivity contribution is 0.0463. The second-order valence-corrected chi connectivity index (χ2v) is 13.2. The van der Waals surface area contributed by atoms with Gasteiger partial charge < -0.3 is 19.6 Å². The van der Waals surface area contributed by atoms with Gasteiger partial charge in [0.2, 0.25) is 0 Å². The van der Waals surface area contributed by atoms with Crippen LogP contribution in [-0.4, -0.2) is 43.9 Å². The quantitative estimate of drug-likeness (QED) is 0.728. The summed E-state index contributed by atoms with van der Waals surface area (Å²) in [5.41, 5.74) is -0.524. The standard InChI is InChI=1S/C16H35NO4Si/c1-12(18)10-13(21-22(8,9)16(5,6)7)11-17-14(19)20-15(2,3)4/h12-13,18H,10-11H2,1-9H3,(H,17,19). The molecule has 132 valence electrons. The van der Waals surface area contributed by atoms with E-state index in [1.807, 2.05) is 20.8 Å². The maximum atomic E-state index is 11.8. The zero-order valence-electron chi connectivity index (χ0n) is 15.7. The fraction of sp³-hybridized carbons (Fsp3) is 0.938. The molecule has 6 heteroatoms. The molecule has 0 bridgehead atoms. The number of carbonyl (C=O) groups excluding carboxylic acids is 1. The Hall–Kier alpha value is -0.593. The molecule has 0 saturated heterocycles. The Morgan fingerprint density at radius 3 is 2.05 bits per heavy atom. The van der Waals surface area contributed by atoms with Crippen LogP contribution in [0.4, 0.5) is 4.79 Å². The summed E-state index contributed by atoms with van der Waals surface area (Å²) < 4.78 is 11.5. The van der Waals surface area contributed by atoms with Crippen molar-refractivity contribution in [3.8, 4) is 0 Å². The normalized spacial score (nSPS) is 16.1. The zero-order chi connectivity index (χ0) is 17.8. The van der Waals surface area contributed by atoms with Gasteiger partial charge in [-0.05, 0) is 52.2 Å². The first-order valence-electron chi connectivity index (χ1n) is 7.97. The van der Waals surface area contributed by atoms with Crippen molar-refractivity contribution in [2.75, 3.05) is 6.54 Å². The van der Waals surface area contributed by atoms with Gasteiger partial charge in [0.1, 0.15) is 5.60 Å². The van der Waals surface area contributed by atoms with Crippen molar-refractivity contribution in [2.24, 2.45) is 0 Å². The minimum Gasteiger partial charge on any atom is -0.444 e. The molecule has 22 heavy (non-hydrogen) atoms. The lowest BCUT2D eigenvalue weighted by Crippen LogP contribution is -2.48. The van der Waals surface area contributed by atoms with Gasteiger partial charge in [-0.15, -0.1) is 0 Å². The largest absolute Gasteiger partial charge is 0.444 e. The Morgan fingerprint density at radius 1 is 1.18 bits per heavy atom. The molecule has 0 saturated carbocycles. The van der Waals surface area contributed by atoms with E-state index in [0.717, 1.165) is 0 Å². The number of aliphatic hydroxyl groups excluding tert-OH is 1. The fourth-order valence-electron chi connectivity index (χ4n) is 1.66. The number of hydrogen-bond donors (Lipinski definition) is 2. The van der Waals surface area contributed by atoms with Crippen molar-refractivity contribution >= 4 is 14.4 Å². The molecule has 0 radical (unpaired) electrons. The summed E-state index contributed by atoms with van der Waals surface area (Å²) >= 11 is 0. The van der Waals surface area contributed by atoms with Crippen LogP contribution >= 0.6 is 0 Å². The van der Waals surface area contributed by atoms with Crippen LogP contribution < -0.4 is 5.32 Å². The molecule has 5 nitrogen and oxygen atoms in total. The van der Waals surface area contributed by atoms with Crippen molar-refractivity contribution in [1.82, 2.24) is 5.32 Å². The monoisotopic (exact) mass is 333 g/mol. The first-order valence-corrected chi connectivity index (χ1v) is 10.9. The number of aliphatic hydroxyl groups is 1. The highest BCUT2D eigenvalue weighted by Crippen LogP contribution is 2.37. The van der Waals surface area contributed by atoms with E-state index in [2.05, 4.69) is 39.2 Å². The van der Waals surface area contributed by atoms with E-state index in [1.165, 1.54) is 0 Å². The van der Waals surface area contributed by atoms with Gasteiger partial charge in [0.15, 0.2) is 8.32 Å². The summed E-state index contributed by atoms with van der Waals surface area (Å²) in [6, 6.07) is 0. The van der Waals surface area contributed by atoms with Crippen LogP contribution in [0.15, 0.2) is 0 Å². The van der Waals surface area contributed by atoms with Crippen LogP contribution in [0.25, 0.3) is 0 Å². The van der Waals surface area contributed by atoms with Gasteiger partial charge in [0.05, 0.1) is 12.2 Å². The van der Waals surface area contributed by atoms with Crippen molar-refractivity contribution < 1.29 is 19.1 Å². The predicted octanol–water partition coefficient (Wildman–Crippen LogP) is 3.67. The van der Waals surface area contributed by atoms with Crippen molar-refractivity contribution in [3.05, 3.63) is 0 Å². The third-order valence-corrected chi connectivity index (χ3v) is 8.28. The molecule has 0 aromatic carbocycles. The van der Waals surface area contributed by atoms with E-state index < -0.39 is 26.1 Å². The van der Waals surface area contributed by atoms with Crippen LogP contribution in [0, 0.1) is 0 Å². The lowest BCUT2D eigenvalue weighted by atomic mass is 10.2. The van der Waals surface area contributed by atoms with Crippen LogP contribution in [-0.2, 0) is 9.16 Å². The van der Waals surface area contributed by atoms with Crippen molar-refractivity contribution in [1.29, 1.82) is 0 Å². The molecule has 0 aromatic rings. The molecule has 0 aliphatic carbocycles. The average Bonchev–Trinajstić information content (AvgIpc) is 2.20. The predicted molar refractivity (Wildman–Crippen MR) is 92.6 cm³/mol. The highest BCUT2D eigenvalue weighted by atomic mass is 28.4. The second kappa shape index (κ2) is 7.79. The van der Waals surface area contributed by atoms with Crippen molar-refractivity contribution in [3.63, 3.8) is 0 Å². The molecular weight excluding hydrogens is 298 g/mol. The van der Waals surface area contributed by atoms with E-state index in [9.17, 15) is 9.90 Å². The van der Waals surface area contributed by atoms with Gasteiger partial charge >= 0.3 is 6.09 Å². The fourth-order valence-corrected chi connectivity index (χ4v) is 3.02. The van der Waals surface area contributed by atoms with E-state index in [-0.39, 0.29) is 11.1 Å². The molecule has 2 unspecified atom stereocenters. The van der Waals surface area contributed by atoms with E-state index in [1.54, 1.807) is 6.92 Å². The number of hydrogen-bond acceptors (Lipinski definition) is 4. The molecule has 0 aromatic heterocycles. The van der Waals surface area contributed by atoms with E-state index in [0.29, 0.717) is 13.0 Å². The molecule has 0 spiro atoms. The molecule has 0 heterocycles. The average molecular weight is 334 g/mol. The van der Waals surface area contributed by atoms with Crippen molar-refractivity contribution in [2.45, 2.75) is 90.8 Å². The SMILES string of the molecule is CC(O)CC(CNC(=O)OC(C)(C)C)O[Si](C)(C)C(C)(C)C. The van der Waals surface area contributed by atoms with Crippen LogP contribution in [0.3, 0.4) is 0 Å². The summed E-state index contributed by atoms with van der Waals surface area (Å²) in [6.45, 7) is 18.4. The Morgan fingerprint density at radius 2 is 1.68 bits per heavy atom. The molecule has 2 atom stereocenters. The Labute approximate surface area is 136 Å². The maximum Gasteiger partial charge on any atom is 0.407 e. The summed E-state index contributed by atoms with van der Waals surface area (Å²) in [5.74, 6) is 0. The summed E-state index contributed by atoms with van der Waals surface area (Å²) in [5, 5.41) is 12.5. The smallest absolute Gasteiger partial charge is 0.407 e. The van der Waals surface area contributed by atoms with Gasteiger partial charge in [0, 0.05) is 6.54 Å². The van der Waals surface area contributed by atoms with Gasteiger partial charge in [-0.1, -0.05) is 20.8 Å². The van der Waals surface area contributed by atoms with Crippen LogP contribution in [0.5, 0.6) is 0 Å². The number of amides is 1. The molecule has 0 fully saturated rings. The highest BCUT2D eigenvalue weighted by Gasteiger charge is 2.39. The summed E-state index contributed by atoms with van der Waals surface area (Å²) in [7, 11) is -1.96. The topological polar surface area (TPSA) is 67.8 Å². The molecule has 1 amide bonds. The van der Waals surface area contributed by atoms with Gasteiger partial charge in [-0.2, -0.15) is 0 Å². The molecule has 2 N–H and O–H groups in total. The first kappa shape index (κ1) is 21.4. The Balaban J connectivity index is 4.70. The Bertz CT molecular complexity index is 356. The Kier molecular flexibility index (Phi) is 7.58. The molecule has 0 aliphatic rings. The number of rotatable bonds is 6. The van der Waals surface area contributed by atoms with Gasteiger partial charge in [0.25, 0.3) is 0 Å². The van der Waals surface area contributed by atoms with Crippen LogP contribution in [0.2, 0.25) is 18.1 Å². The minimum atomic E-state index is -1.96. The third kappa shape index (κ3) is 8.75. The second-order valence-electron chi connectivity index (χ2n) is 8.47. The van der Waals surface area contributed by atoms with E-state index >= 15 is 0 Å². The summed E-state index contributed by atoms with van der Waals surface area (Å²) in [6.07, 6.45) is -0.659. The third-order valence-electron chi connectivity index (χ3n) is 3.74. The number of carbonyl (C=O) groups is 1. The van der Waals surface area contributed by atoms with Gasteiger partial charge in [-0.3, -0.25) is 0 Å². The van der Waals surface area contributed by atoms with E-state index in [4.69, 9.17) is 9.16 Å². The number of nitrogens with one attached hydrogen (secondary N) is 1. The van der Waals surface area contributed by atoms with Gasteiger partial charge in [-0.25, -0.2) is 4.79 Å². The van der Waals surface area contributed by atoms with Crippen LogP contribution in [0.1, 0.15) is 54.9 Å².